The van der Waals surface area contributed by atoms with Crippen LogP contribution in [0.25, 0.3) is 0 Å². The smallest absolute Gasteiger partial charge is 0.338 e. The maximum Gasteiger partial charge on any atom is 0.338 e. The number of esters is 1. The zero-order chi connectivity index (χ0) is 19.4. The molecule has 0 spiro atoms. The predicted octanol–water partition coefficient (Wildman–Crippen LogP) is 3.12. The van der Waals surface area contributed by atoms with Gasteiger partial charge in [-0.25, -0.2) is 4.79 Å². The number of anilines is 1. The number of carbonyl (C=O) groups excluding carboxylic acids is 2. The number of hydrogen-bond donors (Lipinski definition) is 2. The lowest BCUT2D eigenvalue weighted by Gasteiger charge is -2.35. The minimum atomic E-state index is -0.402. The summed E-state index contributed by atoms with van der Waals surface area (Å²) in [5, 5.41) is 6.55. The van der Waals surface area contributed by atoms with Gasteiger partial charge in [0.1, 0.15) is 0 Å². The minimum absolute atomic E-state index is 0.0479. The summed E-state index contributed by atoms with van der Waals surface area (Å²) in [5.74, 6) is -0.416. The van der Waals surface area contributed by atoms with E-state index in [1.165, 1.54) is 0 Å². The first kappa shape index (κ1) is 19.9. The van der Waals surface area contributed by atoms with Gasteiger partial charge in [-0.15, -0.1) is 0 Å². The van der Waals surface area contributed by atoms with E-state index in [4.69, 9.17) is 17.0 Å². The first-order valence-corrected chi connectivity index (χ1v) is 9.01. The average Bonchev–Trinajstić information content (AvgIpc) is 2.59. The van der Waals surface area contributed by atoms with Crippen LogP contribution in [-0.2, 0) is 14.3 Å². The number of thiocarbonyl (C=S) groups is 1. The molecule has 0 unspecified atom stereocenters. The van der Waals surface area contributed by atoms with Gasteiger partial charge in [-0.1, -0.05) is 19.1 Å². The van der Waals surface area contributed by atoms with Gasteiger partial charge in [0.15, 0.2) is 5.11 Å². The molecule has 1 aliphatic rings. The van der Waals surface area contributed by atoms with Crippen LogP contribution in [-0.4, -0.2) is 35.0 Å². The number of hydrogen-bond acceptors (Lipinski definition) is 4. The number of rotatable bonds is 5. The van der Waals surface area contributed by atoms with Crippen LogP contribution in [0.3, 0.4) is 0 Å². The lowest BCUT2D eigenvalue weighted by atomic mass is 9.95. The largest absolute Gasteiger partial charge is 0.459 e. The van der Waals surface area contributed by atoms with Crippen molar-refractivity contribution < 1.29 is 14.3 Å². The molecule has 140 valence electrons. The molecule has 0 aliphatic carbocycles. The summed E-state index contributed by atoms with van der Waals surface area (Å²) in [6, 6.07) is 6.96. The molecule has 6 nitrogen and oxygen atoms in total. The summed E-state index contributed by atoms with van der Waals surface area (Å²) in [7, 11) is 1.81. The maximum atomic E-state index is 12.7. The Morgan fingerprint density at radius 2 is 1.92 bits per heavy atom. The Hall–Kier alpha value is -2.41. The van der Waals surface area contributed by atoms with Gasteiger partial charge in [0, 0.05) is 24.9 Å². The van der Waals surface area contributed by atoms with Crippen LogP contribution >= 0.6 is 12.2 Å². The molecule has 0 fully saturated rings. The van der Waals surface area contributed by atoms with E-state index >= 15 is 0 Å². The van der Waals surface area contributed by atoms with Gasteiger partial charge in [-0.2, -0.15) is 0 Å². The number of ether oxygens (including phenoxy) is 1. The normalized spacial score (nSPS) is 17.2. The molecule has 1 atom stereocenters. The number of nitrogens with one attached hydrogen (secondary N) is 2. The highest BCUT2D eigenvalue weighted by Gasteiger charge is 2.33. The molecule has 0 saturated heterocycles. The summed E-state index contributed by atoms with van der Waals surface area (Å²) in [4.78, 5) is 25.9. The van der Waals surface area contributed by atoms with Gasteiger partial charge in [-0.3, -0.25) is 4.79 Å². The monoisotopic (exact) mass is 375 g/mol. The van der Waals surface area contributed by atoms with Crippen molar-refractivity contribution in [2.24, 2.45) is 0 Å². The van der Waals surface area contributed by atoms with E-state index in [2.05, 4.69) is 10.6 Å². The fourth-order valence-corrected chi connectivity index (χ4v) is 2.89. The Morgan fingerprint density at radius 1 is 1.31 bits per heavy atom. The SMILES string of the molecule is CCC(=O)Nc1ccc([C@H]2NC(=S)N(C)C(C)=C2C(=O)OC(C)C)cc1. The summed E-state index contributed by atoms with van der Waals surface area (Å²) in [6.07, 6.45) is 0.203. The molecule has 1 amide bonds. The summed E-state index contributed by atoms with van der Waals surface area (Å²) in [5.41, 5.74) is 2.86. The molecule has 1 heterocycles. The molecular formula is C19H25N3O3S. The Morgan fingerprint density at radius 3 is 2.46 bits per heavy atom. The summed E-state index contributed by atoms with van der Waals surface area (Å²) < 4.78 is 5.42. The quantitative estimate of drug-likeness (QED) is 0.609. The molecule has 26 heavy (non-hydrogen) atoms. The van der Waals surface area contributed by atoms with E-state index in [1.54, 1.807) is 11.8 Å². The van der Waals surface area contributed by atoms with Gasteiger partial charge in [0.25, 0.3) is 0 Å². The molecule has 1 aromatic carbocycles. The molecular weight excluding hydrogens is 350 g/mol. The highest BCUT2D eigenvalue weighted by molar-refractivity contribution is 7.80. The fourth-order valence-electron chi connectivity index (χ4n) is 2.64. The molecule has 1 aliphatic heterocycles. The van der Waals surface area contributed by atoms with Crippen molar-refractivity contribution in [3.05, 3.63) is 41.1 Å². The molecule has 0 saturated carbocycles. The van der Waals surface area contributed by atoms with Crippen LogP contribution < -0.4 is 10.6 Å². The van der Waals surface area contributed by atoms with E-state index in [1.807, 2.05) is 52.1 Å². The Labute approximate surface area is 159 Å². The van der Waals surface area contributed by atoms with E-state index in [-0.39, 0.29) is 18.0 Å². The predicted molar refractivity (Wildman–Crippen MR) is 106 cm³/mol. The van der Waals surface area contributed by atoms with Gasteiger partial charge in [0.2, 0.25) is 5.91 Å². The lowest BCUT2D eigenvalue weighted by molar-refractivity contribution is -0.143. The number of carbonyl (C=O) groups is 2. The van der Waals surface area contributed by atoms with E-state index in [0.29, 0.717) is 22.8 Å². The molecule has 2 rings (SSSR count). The van der Waals surface area contributed by atoms with Crippen molar-refractivity contribution >= 4 is 34.9 Å². The van der Waals surface area contributed by atoms with Crippen molar-refractivity contribution in [2.75, 3.05) is 12.4 Å². The summed E-state index contributed by atoms with van der Waals surface area (Å²) in [6.45, 7) is 7.29. The van der Waals surface area contributed by atoms with Crippen molar-refractivity contribution in [2.45, 2.75) is 46.3 Å². The van der Waals surface area contributed by atoms with Crippen LogP contribution in [0.5, 0.6) is 0 Å². The highest BCUT2D eigenvalue weighted by Crippen LogP contribution is 2.31. The molecule has 2 N–H and O–H groups in total. The Bertz CT molecular complexity index is 741. The average molecular weight is 375 g/mol. The van der Waals surface area contributed by atoms with E-state index < -0.39 is 6.04 Å². The zero-order valence-electron chi connectivity index (χ0n) is 15.8. The fraction of sp³-hybridized carbons (Fsp3) is 0.421. The van der Waals surface area contributed by atoms with Crippen molar-refractivity contribution in [3.63, 3.8) is 0 Å². The second kappa shape index (κ2) is 8.31. The van der Waals surface area contributed by atoms with Crippen molar-refractivity contribution in [3.8, 4) is 0 Å². The lowest BCUT2D eigenvalue weighted by Crippen LogP contribution is -2.46. The Kier molecular flexibility index (Phi) is 6.37. The van der Waals surface area contributed by atoms with Crippen LogP contribution in [0.1, 0.15) is 45.7 Å². The maximum absolute atomic E-state index is 12.7. The Balaban J connectivity index is 2.36. The van der Waals surface area contributed by atoms with Gasteiger partial charge in [-0.05, 0) is 50.7 Å². The number of amides is 1. The second-order valence-corrected chi connectivity index (χ2v) is 6.81. The molecule has 0 bridgehead atoms. The molecule has 1 aromatic rings. The van der Waals surface area contributed by atoms with Crippen LogP contribution in [0.4, 0.5) is 5.69 Å². The zero-order valence-corrected chi connectivity index (χ0v) is 16.6. The number of benzene rings is 1. The number of allylic oxidation sites excluding steroid dienone is 1. The van der Waals surface area contributed by atoms with Crippen LogP contribution in [0, 0.1) is 0 Å². The third-order valence-corrected chi connectivity index (χ3v) is 4.56. The van der Waals surface area contributed by atoms with Gasteiger partial charge < -0.3 is 20.3 Å². The third kappa shape index (κ3) is 4.40. The summed E-state index contributed by atoms with van der Waals surface area (Å²) >= 11 is 5.38. The van der Waals surface area contributed by atoms with Crippen molar-refractivity contribution in [1.29, 1.82) is 0 Å². The third-order valence-electron chi connectivity index (χ3n) is 4.17. The minimum Gasteiger partial charge on any atom is -0.459 e. The van der Waals surface area contributed by atoms with Gasteiger partial charge >= 0.3 is 5.97 Å². The first-order chi connectivity index (χ1) is 12.2. The van der Waals surface area contributed by atoms with Gasteiger partial charge in [0.05, 0.1) is 17.7 Å². The molecule has 0 aromatic heterocycles. The first-order valence-electron chi connectivity index (χ1n) is 8.60. The van der Waals surface area contributed by atoms with Crippen molar-refractivity contribution in [1.82, 2.24) is 10.2 Å². The topological polar surface area (TPSA) is 70.7 Å². The van der Waals surface area contributed by atoms with E-state index in [0.717, 1.165) is 11.3 Å². The van der Waals surface area contributed by atoms with E-state index in [9.17, 15) is 9.59 Å². The van der Waals surface area contributed by atoms with Crippen LogP contribution in [0.15, 0.2) is 35.5 Å². The second-order valence-electron chi connectivity index (χ2n) is 6.42. The highest BCUT2D eigenvalue weighted by atomic mass is 32.1. The molecule has 0 radical (unpaired) electrons. The van der Waals surface area contributed by atoms with Crippen LogP contribution in [0.2, 0.25) is 0 Å². The standard InChI is InChI=1S/C19H25N3O3S/c1-6-15(23)20-14-9-7-13(8-10-14)17-16(18(24)25-11(2)3)12(4)22(5)19(26)21-17/h7-11,17H,6H2,1-5H3,(H,20,23)(H,21,26)/t17-/m1/s1. The molecule has 7 heteroatoms. The number of nitrogens with zero attached hydrogens (tertiary/aromatic N) is 1.